The van der Waals surface area contributed by atoms with Gasteiger partial charge in [0.15, 0.2) is 11.6 Å². The molecule has 0 radical (unpaired) electrons. The minimum absolute atomic E-state index is 0.0232. The first kappa shape index (κ1) is 20.8. The van der Waals surface area contributed by atoms with Crippen LogP contribution in [0.2, 0.25) is 0 Å². The second-order valence-corrected chi connectivity index (χ2v) is 7.05. The van der Waals surface area contributed by atoms with Crippen LogP contribution in [0.25, 0.3) is 17.9 Å². The molecule has 0 aliphatic rings. The number of hydrogen-bond donors (Lipinski definition) is 1. The summed E-state index contributed by atoms with van der Waals surface area (Å²) in [5.74, 6) is -0.118. The Morgan fingerprint density at radius 2 is 1.31 bits per heavy atom. The van der Waals surface area contributed by atoms with Crippen molar-refractivity contribution >= 4 is 35.4 Å². The van der Waals surface area contributed by atoms with Crippen LogP contribution in [0.15, 0.2) is 72.8 Å². The molecule has 158 valence electrons. The predicted octanol–water partition coefficient (Wildman–Crippen LogP) is 2.75. The molecular weight excluding hydrogens is 404 g/mol. The summed E-state index contributed by atoms with van der Waals surface area (Å²) in [6.45, 7) is 0. The average molecular weight is 424 g/mol. The van der Waals surface area contributed by atoms with Gasteiger partial charge in [-0.3, -0.25) is 9.59 Å². The molecule has 0 aliphatic carbocycles. The molecule has 0 bridgehead atoms. The quantitative estimate of drug-likeness (QED) is 0.432. The highest BCUT2D eigenvalue weighted by atomic mass is 16.1. The maximum Gasteiger partial charge on any atom is 0.273 e. The maximum absolute atomic E-state index is 12.6. The standard InChI is InChI=1S/C24H20N6O2/c25-23-27-28-24-26-21(15-19(31)13-11-17-7-3-1-4-8-17)22(29-30(23)24)16-20(32)14-12-18-9-5-2-6-10-18/h1-14H,15-16H2,(H2,25,27). The van der Waals surface area contributed by atoms with Crippen molar-refractivity contribution in [3.05, 3.63) is 95.3 Å². The molecule has 2 aromatic carbocycles. The number of nitrogens with zero attached hydrogens (tertiary/aromatic N) is 5. The number of nitrogens with two attached hydrogens (primary N) is 1. The second kappa shape index (κ2) is 9.57. The van der Waals surface area contributed by atoms with Gasteiger partial charge in [0.1, 0.15) is 0 Å². The summed E-state index contributed by atoms with van der Waals surface area (Å²) in [6.07, 6.45) is 6.38. The molecule has 0 fully saturated rings. The number of carbonyl (C=O) groups excluding carboxylic acids is 2. The summed E-state index contributed by atoms with van der Waals surface area (Å²) in [5.41, 5.74) is 8.33. The van der Waals surface area contributed by atoms with Crippen molar-refractivity contribution in [2.75, 3.05) is 5.73 Å². The van der Waals surface area contributed by atoms with Crippen molar-refractivity contribution in [3.63, 3.8) is 0 Å². The molecule has 0 amide bonds. The Morgan fingerprint density at radius 1 is 0.781 bits per heavy atom. The minimum Gasteiger partial charge on any atom is -0.366 e. The van der Waals surface area contributed by atoms with Crippen LogP contribution < -0.4 is 5.73 Å². The van der Waals surface area contributed by atoms with Crippen molar-refractivity contribution < 1.29 is 9.59 Å². The molecule has 0 spiro atoms. The molecule has 2 N–H and O–H groups in total. The van der Waals surface area contributed by atoms with Gasteiger partial charge in [-0.25, -0.2) is 4.98 Å². The molecule has 0 atom stereocenters. The van der Waals surface area contributed by atoms with E-state index in [4.69, 9.17) is 5.73 Å². The molecule has 2 aromatic heterocycles. The minimum atomic E-state index is -0.178. The molecule has 0 unspecified atom stereocenters. The molecular formula is C24H20N6O2. The first-order valence-electron chi connectivity index (χ1n) is 9.97. The maximum atomic E-state index is 12.6. The summed E-state index contributed by atoms with van der Waals surface area (Å²) in [6, 6.07) is 19.0. The third-order valence-electron chi connectivity index (χ3n) is 4.64. The lowest BCUT2D eigenvalue weighted by atomic mass is 10.1. The highest BCUT2D eigenvalue weighted by molar-refractivity contribution is 5.96. The van der Waals surface area contributed by atoms with Gasteiger partial charge in [-0.05, 0) is 23.3 Å². The van der Waals surface area contributed by atoms with Gasteiger partial charge in [-0.2, -0.15) is 9.61 Å². The number of allylic oxidation sites excluding steroid dienone is 2. The number of rotatable bonds is 8. The zero-order chi connectivity index (χ0) is 22.3. The number of ketones is 2. The van der Waals surface area contributed by atoms with Crippen molar-refractivity contribution in [2.24, 2.45) is 0 Å². The van der Waals surface area contributed by atoms with Crippen LogP contribution in [0.3, 0.4) is 0 Å². The highest BCUT2D eigenvalue weighted by Gasteiger charge is 2.16. The van der Waals surface area contributed by atoms with Crippen LogP contribution in [-0.2, 0) is 22.4 Å². The largest absolute Gasteiger partial charge is 0.366 e. The van der Waals surface area contributed by atoms with Gasteiger partial charge in [0.25, 0.3) is 5.78 Å². The molecule has 0 saturated heterocycles. The van der Waals surface area contributed by atoms with E-state index in [-0.39, 0.29) is 36.1 Å². The number of benzene rings is 2. The van der Waals surface area contributed by atoms with Gasteiger partial charge in [0.05, 0.1) is 24.2 Å². The molecule has 0 saturated carbocycles. The lowest BCUT2D eigenvalue weighted by Gasteiger charge is -2.06. The van der Waals surface area contributed by atoms with Crippen molar-refractivity contribution in [1.82, 2.24) is 24.8 Å². The molecule has 8 nitrogen and oxygen atoms in total. The Labute approximate surface area is 184 Å². The van der Waals surface area contributed by atoms with Crippen LogP contribution in [-0.4, -0.2) is 36.4 Å². The van der Waals surface area contributed by atoms with E-state index in [1.165, 1.54) is 16.7 Å². The fourth-order valence-corrected chi connectivity index (χ4v) is 3.05. The van der Waals surface area contributed by atoms with Gasteiger partial charge in [-0.15, -0.1) is 10.2 Å². The van der Waals surface area contributed by atoms with Crippen LogP contribution in [0.1, 0.15) is 22.5 Å². The first-order chi connectivity index (χ1) is 15.6. The fraction of sp³-hybridized carbons (Fsp3) is 0.0833. The summed E-state index contributed by atoms with van der Waals surface area (Å²) in [4.78, 5) is 29.5. The van der Waals surface area contributed by atoms with Crippen LogP contribution in [0.5, 0.6) is 0 Å². The van der Waals surface area contributed by atoms with Gasteiger partial charge < -0.3 is 5.73 Å². The van der Waals surface area contributed by atoms with Gasteiger partial charge in [0.2, 0.25) is 5.95 Å². The number of nitrogen functional groups attached to an aromatic ring is 1. The van der Waals surface area contributed by atoms with E-state index in [2.05, 4.69) is 20.3 Å². The molecule has 32 heavy (non-hydrogen) atoms. The Morgan fingerprint density at radius 3 is 1.88 bits per heavy atom. The second-order valence-electron chi connectivity index (χ2n) is 7.05. The fourth-order valence-electron chi connectivity index (χ4n) is 3.05. The normalized spacial score (nSPS) is 11.5. The Hall–Kier alpha value is -4.46. The van der Waals surface area contributed by atoms with E-state index in [9.17, 15) is 9.59 Å². The van der Waals surface area contributed by atoms with E-state index in [0.29, 0.717) is 11.4 Å². The van der Waals surface area contributed by atoms with Crippen LogP contribution >= 0.6 is 0 Å². The Bertz CT molecular complexity index is 1310. The van der Waals surface area contributed by atoms with Crippen LogP contribution in [0.4, 0.5) is 5.95 Å². The zero-order valence-corrected chi connectivity index (χ0v) is 17.1. The molecule has 0 aliphatic heterocycles. The van der Waals surface area contributed by atoms with Gasteiger partial charge in [-0.1, -0.05) is 72.8 Å². The number of carbonyl (C=O) groups is 2. The summed E-state index contributed by atoms with van der Waals surface area (Å²) < 4.78 is 1.26. The molecule has 4 rings (SSSR count). The number of fused-ring (bicyclic) bond motifs is 1. The van der Waals surface area contributed by atoms with Gasteiger partial charge in [0, 0.05) is 0 Å². The number of anilines is 1. The summed E-state index contributed by atoms with van der Waals surface area (Å²) >= 11 is 0. The smallest absolute Gasteiger partial charge is 0.273 e. The Balaban J connectivity index is 1.56. The summed E-state index contributed by atoms with van der Waals surface area (Å²) in [5, 5.41) is 12.0. The lowest BCUT2D eigenvalue weighted by molar-refractivity contribution is -0.115. The molecule has 8 heteroatoms. The van der Waals surface area contributed by atoms with Crippen molar-refractivity contribution in [3.8, 4) is 0 Å². The number of hydrogen-bond acceptors (Lipinski definition) is 7. The third-order valence-corrected chi connectivity index (χ3v) is 4.64. The lowest BCUT2D eigenvalue weighted by Crippen LogP contribution is -2.14. The van der Waals surface area contributed by atoms with Crippen LogP contribution in [0, 0.1) is 0 Å². The third kappa shape index (κ3) is 5.17. The molecule has 2 heterocycles. The van der Waals surface area contributed by atoms with E-state index in [1.807, 2.05) is 60.7 Å². The average Bonchev–Trinajstić information content (AvgIpc) is 3.17. The predicted molar refractivity (Wildman–Crippen MR) is 121 cm³/mol. The highest BCUT2D eigenvalue weighted by Crippen LogP contribution is 2.12. The topological polar surface area (TPSA) is 116 Å². The van der Waals surface area contributed by atoms with E-state index in [0.717, 1.165) is 11.1 Å². The number of aromatic nitrogens is 5. The summed E-state index contributed by atoms with van der Waals surface area (Å²) in [7, 11) is 0. The SMILES string of the molecule is Nc1nnc2nc(CC(=O)C=Cc3ccccc3)c(CC(=O)C=Cc3ccccc3)nn12. The van der Waals surface area contributed by atoms with E-state index < -0.39 is 0 Å². The van der Waals surface area contributed by atoms with E-state index >= 15 is 0 Å². The van der Waals surface area contributed by atoms with Crippen molar-refractivity contribution in [2.45, 2.75) is 12.8 Å². The first-order valence-corrected chi connectivity index (χ1v) is 9.97. The van der Waals surface area contributed by atoms with E-state index in [1.54, 1.807) is 12.2 Å². The Kier molecular flexibility index (Phi) is 6.22. The monoisotopic (exact) mass is 424 g/mol. The zero-order valence-electron chi connectivity index (χ0n) is 17.1. The molecule has 4 aromatic rings. The van der Waals surface area contributed by atoms with Crippen molar-refractivity contribution in [1.29, 1.82) is 0 Å². The van der Waals surface area contributed by atoms with Gasteiger partial charge >= 0.3 is 0 Å².